The van der Waals surface area contributed by atoms with Crippen molar-refractivity contribution in [3.05, 3.63) is 0 Å². The summed E-state index contributed by atoms with van der Waals surface area (Å²) in [6.45, 7) is -6.30. The van der Waals surface area contributed by atoms with Crippen LogP contribution in [0, 0.1) is 0 Å². The molecular formula is C44H78N4O41S4. The van der Waals surface area contributed by atoms with Gasteiger partial charge in [0.15, 0.2) is 50.3 Å². The van der Waals surface area contributed by atoms with Gasteiger partial charge in [0, 0.05) is 25.7 Å². The van der Waals surface area contributed by atoms with E-state index in [4.69, 9.17) is 98.5 Å². The van der Waals surface area contributed by atoms with Gasteiger partial charge in [0.25, 0.3) is 0 Å². The van der Waals surface area contributed by atoms with Crippen LogP contribution in [0.3, 0.4) is 0 Å². The summed E-state index contributed by atoms with van der Waals surface area (Å²) >= 11 is 0. The van der Waals surface area contributed by atoms with Crippen molar-refractivity contribution < 1.29 is 191 Å². The monoisotopic (exact) mass is 1450 g/mol. The highest BCUT2D eigenvalue weighted by molar-refractivity contribution is 7.81. The molecule has 32 atom stereocenters. The van der Waals surface area contributed by atoms with E-state index in [1.54, 1.807) is 0 Å². The summed E-state index contributed by atoms with van der Waals surface area (Å²) in [5.41, 5.74) is 24.7. The fourth-order valence-electron chi connectivity index (χ4n) is 10.9. The average molecular weight is 1450 g/mol. The molecule has 0 aromatic carbocycles. The molecule has 0 aromatic heterocycles. The fourth-order valence-corrected chi connectivity index (χ4v) is 12.1. The number of rotatable bonds is 26. The minimum Gasteiger partial charge on any atom is -0.390 e. The lowest BCUT2D eigenvalue weighted by atomic mass is 9.96. The van der Waals surface area contributed by atoms with Gasteiger partial charge >= 0.3 is 41.6 Å². The number of hydrogen-bond donors (Lipinski definition) is 18. The van der Waals surface area contributed by atoms with Crippen LogP contribution in [0.4, 0.5) is 0 Å². The molecule has 0 aliphatic carbocycles. The van der Waals surface area contributed by atoms with E-state index in [9.17, 15) is 98.4 Å². The first-order valence-electron chi connectivity index (χ1n) is 28.3. The minimum absolute atomic E-state index is 0.304. The zero-order valence-corrected chi connectivity index (χ0v) is 51.5. The molecule has 8 rings (SSSR count). The summed E-state index contributed by atoms with van der Waals surface area (Å²) in [5, 5.41) is 109. The number of ether oxygens (including phenoxy) is 15. The molecule has 0 saturated carbocycles. The molecule has 0 amide bonds. The van der Waals surface area contributed by atoms with E-state index < -0.39 is 304 Å². The second kappa shape index (κ2) is 32.3. The number of aliphatic hydroxyl groups is 10. The summed E-state index contributed by atoms with van der Waals surface area (Å²) in [6, 6.07) is -6.29. The van der Waals surface area contributed by atoms with Crippen LogP contribution in [0.2, 0.25) is 0 Å². The van der Waals surface area contributed by atoms with Crippen molar-refractivity contribution in [2.75, 3.05) is 52.9 Å². The van der Waals surface area contributed by atoms with Gasteiger partial charge in [-0.25, -0.2) is 16.7 Å². The summed E-state index contributed by atoms with van der Waals surface area (Å²) in [5.74, 6) is 0. The Morgan fingerprint density at radius 3 is 0.828 bits per heavy atom. The molecule has 0 aromatic rings. The number of aliphatic hydroxyl groups excluding tert-OH is 10. The molecule has 22 N–H and O–H groups in total. The standard InChI is InChI=1S/C44H78N4O41S4/c45-29-33(54)37(21(79-41(29)58)9-75-90(59,60)61)87-26-2-14(50)18(6-72-26)80-43-31(47)35(56)39(23(84-43)11-77-92(65,66)67)89-28-4-16(52)20(8-74-28)82-44-32(48)36(57)40(24(85-44)12-78-93(68,69)70)88-27-3-15(51)19(7-73-27)81-42-30(46)34(55)38(22(83-42)10-76-91(62,63)64)86-25-1-13(49)17(53)5-71-25/h13-44,49-58H,1-12,45-48H2,(H,59,60,61)(H,62,63,64)(H,65,66,67)(H,68,69,70)/t13-,14-,15-,16-,17+,18-,19+,20-,21?,22?,23?,24?,25-,26-,27-,28-,29?,30?,31?,32?,33+,34+,35+,36+,37+,38+,39+,40+,41-,42+,43+,44+/m0/s1. The van der Waals surface area contributed by atoms with Crippen LogP contribution < -0.4 is 22.9 Å². The highest BCUT2D eigenvalue weighted by Crippen LogP contribution is 2.36. The Labute approximate surface area is 528 Å². The van der Waals surface area contributed by atoms with Crippen LogP contribution in [0.1, 0.15) is 25.7 Å². The third-order valence-electron chi connectivity index (χ3n) is 15.8. The van der Waals surface area contributed by atoms with Crippen molar-refractivity contribution in [1.29, 1.82) is 0 Å². The average Bonchev–Trinajstić information content (AvgIpc) is 0.872. The van der Waals surface area contributed by atoms with E-state index in [1.807, 2.05) is 0 Å². The van der Waals surface area contributed by atoms with E-state index in [0.717, 1.165) is 0 Å². The summed E-state index contributed by atoms with van der Waals surface area (Å²) < 4.78 is 233. The van der Waals surface area contributed by atoms with E-state index in [2.05, 4.69) is 16.7 Å². The molecular weight excluding hydrogens is 1370 g/mol. The SMILES string of the molecule is NC1[C@H](O[C@H]2CO[C@@H](O[C@@H]3C(COS(=O)(=O)O)O[C@@H](O[C@H]4CO[C@@H](O[C@@H]5C(COS(=O)(=O)O)O[C@H](O)C(N)[C@H]5O)C[C@@H]4O)C(N)[C@H]3O)C[C@@H]2O)OC(COS(=O)(=O)O)[C@@H](O[C@H]2C[C@H](O)[C@H](O[C@@H]3OC(COS(=O)(=O)O)[C@@H](O[C@H]4C[C@H](O)[C@H](O)CO4)[C@H](O)C3N)CO2)[C@@H]1O. The third kappa shape index (κ3) is 21.2. The fraction of sp³-hybridized carbons (Fsp3) is 1.00. The van der Waals surface area contributed by atoms with Gasteiger partial charge in [0.2, 0.25) is 0 Å². The van der Waals surface area contributed by atoms with Crippen molar-refractivity contribution in [3.8, 4) is 0 Å². The molecule has 8 saturated heterocycles. The van der Waals surface area contributed by atoms with Gasteiger partial charge in [-0.3, -0.25) is 18.2 Å². The molecule has 8 aliphatic rings. The quantitative estimate of drug-likeness (QED) is 0.0358. The molecule has 544 valence electrons. The summed E-state index contributed by atoms with van der Waals surface area (Å²) in [4.78, 5) is 0. The smallest absolute Gasteiger partial charge is 0.390 e. The van der Waals surface area contributed by atoms with Crippen LogP contribution in [0.25, 0.3) is 0 Å². The largest absolute Gasteiger partial charge is 0.397 e. The van der Waals surface area contributed by atoms with Crippen LogP contribution in [-0.2, 0) is 129 Å². The molecule has 8 fully saturated rings. The Morgan fingerprint density at radius 1 is 0.323 bits per heavy atom. The van der Waals surface area contributed by atoms with Crippen LogP contribution in [0.5, 0.6) is 0 Å². The first-order valence-corrected chi connectivity index (χ1v) is 33.7. The number of hydrogen-bond acceptors (Lipinski definition) is 41. The normalized spacial score (nSPS) is 46.0. The molecule has 0 spiro atoms. The Bertz CT molecular complexity index is 2850. The first kappa shape index (κ1) is 77.1. The maximum Gasteiger partial charge on any atom is 0.397 e. The van der Waals surface area contributed by atoms with Crippen molar-refractivity contribution in [3.63, 3.8) is 0 Å². The second-order valence-corrected chi connectivity index (χ2v) is 26.9. The van der Waals surface area contributed by atoms with Gasteiger partial charge in [-0.2, -0.15) is 33.7 Å². The maximum atomic E-state index is 11.8. The number of nitrogens with two attached hydrogens (primary N) is 4. The Kier molecular flexibility index (Phi) is 26.8. The maximum absolute atomic E-state index is 11.8. The van der Waals surface area contributed by atoms with Crippen molar-refractivity contribution in [2.24, 2.45) is 22.9 Å². The Balaban J connectivity index is 0.841. The molecule has 0 radical (unpaired) electrons. The Morgan fingerprint density at radius 2 is 0.570 bits per heavy atom. The molecule has 49 heteroatoms. The molecule has 8 heterocycles. The minimum atomic E-state index is -5.23. The van der Waals surface area contributed by atoms with Gasteiger partial charge in [-0.15, -0.1) is 0 Å². The highest BCUT2D eigenvalue weighted by Gasteiger charge is 2.54. The van der Waals surface area contributed by atoms with E-state index in [-0.39, 0.29) is 13.0 Å². The lowest BCUT2D eigenvalue weighted by Crippen LogP contribution is -2.66. The van der Waals surface area contributed by atoms with Gasteiger partial charge in [0.1, 0.15) is 97.7 Å². The van der Waals surface area contributed by atoms with Crippen molar-refractivity contribution >= 4 is 41.6 Å². The first-order chi connectivity index (χ1) is 43.3. The Hall–Kier alpha value is -1.68. The van der Waals surface area contributed by atoms with E-state index in [0.29, 0.717) is 0 Å². The van der Waals surface area contributed by atoms with Crippen LogP contribution in [0.15, 0.2) is 0 Å². The zero-order valence-electron chi connectivity index (χ0n) is 48.2. The van der Waals surface area contributed by atoms with Crippen LogP contribution in [-0.4, -0.2) is 352 Å². The van der Waals surface area contributed by atoms with Gasteiger partial charge in [0.05, 0.1) is 101 Å². The summed E-state index contributed by atoms with van der Waals surface area (Å²) in [6.07, 6.45) is -46.7. The van der Waals surface area contributed by atoms with E-state index >= 15 is 0 Å². The highest BCUT2D eigenvalue weighted by atomic mass is 32.3. The molecule has 45 nitrogen and oxygen atoms in total. The van der Waals surface area contributed by atoms with Crippen molar-refractivity contribution in [2.45, 2.75) is 222 Å². The predicted octanol–water partition coefficient (Wildman–Crippen LogP) is -12.6. The topological polar surface area (TPSA) is 699 Å². The van der Waals surface area contributed by atoms with Crippen LogP contribution >= 0.6 is 0 Å². The summed E-state index contributed by atoms with van der Waals surface area (Å²) in [7, 11) is -20.6. The molecule has 0 bridgehead atoms. The molecule has 8 aliphatic heterocycles. The van der Waals surface area contributed by atoms with Gasteiger partial charge in [-0.1, -0.05) is 0 Å². The molecule has 8 unspecified atom stereocenters. The lowest BCUT2D eigenvalue weighted by Gasteiger charge is -2.47. The van der Waals surface area contributed by atoms with Crippen molar-refractivity contribution in [1.82, 2.24) is 0 Å². The van der Waals surface area contributed by atoms with Gasteiger partial charge < -0.3 is 145 Å². The van der Waals surface area contributed by atoms with E-state index in [1.165, 1.54) is 0 Å². The molecule has 93 heavy (non-hydrogen) atoms. The zero-order chi connectivity index (χ0) is 68.4. The second-order valence-electron chi connectivity index (χ2n) is 22.6. The van der Waals surface area contributed by atoms with Gasteiger partial charge in [-0.05, 0) is 0 Å². The predicted molar refractivity (Wildman–Crippen MR) is 284 cm³/mol. The third-order valence-corrected chi connectivity index (χ3v) is 17.6. The lowest BCUT2D eigenvalue weighted by molar-refractivity contribution is -0.350.